The van der Waals surface area contributed by atoms with Crippen LogP contribution in [-0.4, -0.2) is 41.4 Å². The van der Waals surface area contributed by atoms with Gasteiger partial charge in [-0.1, -0.05) is 6.92 Å². The number of rotatable bonds is 1. The van der Waals surface area contributed by atoms with Gasteiger partial charge in [-0.3, -0.25) is 9.59 Å². The van der Waals surface area contributed by atoms with Gasteiger partial charge in [0.25, 0.3) is 0 Å². The van der Waals surface area contributed by atoms with E-state index in [1.807, 2.05) is 17.9 Å². The number of hydrogen-bond donors (Lipinski definition) is 1. The molecule has 3 rings (SSSR count). The summed E-state index contributed by atoms with van der Waals surface area (Å²) in [5, 5.41) is 2.90. The molecule has 3 heterocycles. The van der Waals surface area contributed by atoms with Gasteiger partial charge >= 0.3 is 0 Å². The number of anilines is 1. The number of piperidine rings is 1. The SMILES string of the molecule is CCC(=O)N1CC[C@H]2CC(=O)Nc3cccnc3OCC[C@H]2C1. The molecule has 2 aliphatic rings. The molecule has 0 saturated carbocycles. The van der Waals surface area contributed by atoms with Crippen LogP contribution in [0.5, 0.6) is 5.88 Å². The summed E-state index contributed by atoms with van der Waals surface area (Å²) in [6, 6.07) is 3.59. The molecule has 2 aliphatic heterocycles. The molecule has 1 aromatic heterocycles. The summed E-state index contributed by atoms with van der Waals surface area (Å²) in [6.45, 7) is 3.92. The average molecular weight is 317 g/mol. The van der Waals surface area contributed by atoms with Crippen molar-refractivity contribution in [2.24, 2.45) is 11.8 Å². The molecule has 6 heteroatoms. The third kappa shape index (κ3) is 3.63. The predicted octanol–water partition coefficient (Wildman–Crippen LogP) is 2.07. The van der Waals surface area contributed by atoms with E-state index >= 15 is 0 Å². The van der Waals surface area contributed by atoms with Gasteiger partial charge in [0.15, 0.2) is 0 Å². The largest absolute Gasteiger partial charge is 0.476 e. The normalized spacial score (nSPS) is 24.7. The van der Waals surface area contributed by atoms with E-state index < -0.39 is 0 Å². The summed E-state index contributed by atoms with van der Waals surface area (Å²) in [6.07, 6.45) is 4.39. The number of carbonyl (C=O) groups excluding carboxylic acids is 2. The molecule has 124 valence electrons. The summed E-state index contributed by atoms with van der Waals surface area (Å²) >= 11 is 0. The van der Waals surface area contributed by atoms with Gasteiger partial charge in [0.2, 0.25) is 17.7 Å². The Morgan fingerprint density at radius 3 is 3.13 bits per heavy atom. The van der Waals surface area contributed by atoms with E-state index in [9.17, 15) is 9.59 Å². The second kappa shape index (κ2) is 6.98. The molecule has 0 radical (unpaired) electrons. The molecule has 0 aromatic carbocycles. The Morgan fingerprint density at radius 1 is 1.43 bits per heavy atom. The third-order valence-corrected chi connectivity index (χ3v) is 4.77. The van der Waals surface area contributed by atoms with Crippen LogP contribution in [0.4, 0.5) is 5.69 Å². The summed E-state index contributed by atoms with van der Waals surface area (Å²) in [5.74, 6) is 1.26. The topological polar surface area (TPSA) is 71.5 Å². The number of ether oxygens (including phenoxy) is 1. The van der Waals surface area contributed by atoms with E-state index in [0.717, 1.165) is 25.9 Å². The summed E-state index contributed by atoms with van der Waals surface area (Å²) in [5.41, 5.74) is 0.634. The van der Waals surface area contributed by atoms with Crippen molar-refractivity contribution < 1.29 is 14.3 Å². The fourth-order valence-electron chi connectivity index (χ4n) is 3.47. The molecule has 0 spiro atoms. The third-order valence-electron chi connectivity index (χ3n) is 4.77. The summed E-state index contributed by atoms with van der Waals surface area (Å²) in [7, 11) is 0. The van der Waals surface area contributed by atoms with Gasteiger partial charge in [0, 0.05) is 32.1 Å². The first-order valence-electron chi connectivity index (χ1n) is 8.32. The molecule has 1 N–H and O–H groups in total. The molecular formula is C17H23N3O3. The zero-order valence-corrected chi connectivity index (χ0v) is 13.5. The van der Waals surface area contributed by atoms with Gasteiger partial charge in [-0.2, -0.15) is 0 Å². The van der Waals surface area contributed by atoms with E-state index in [4.69, 9.17) is 4.74 Å². The standard InChI is InChI=1S/C17H23N3O3/c1-2-16(22)20-8-5-12-10-15(21)19-14-4-3-7-18-17(14)23-9-6-13(12)11-20/h3-4,7,12-13H,2,5-6,8-11H2,1H3,(H,19,21)/t12-,13-/m0/s1. The number of nitrogens with zero attached hydrogens (tertiary/aromatic N) is 2. The number of likely N-dealkylation sites (tertiary alicyclic amines) is 1. The van der Waals surface area contributed by atoms with Crippen LogP contribution in [0, 0.1) is 11.8 Å². The lowest BCUT2D eigenvalue weighted by Gasteiger charge is -2.38. The fraction of sp³-hybridized carbons (Fsp3) is 0.588. The minimum absolute atomic E-state index is 0.00461. The molecule has 2 amide bonds. The number of aromatic nitrogens is 1. The van der Waals surface area contributed by atoms with Crippen LogP contribution in [0.15, 0.2) is 18.3 Å². The van der Waals surface area contributed by atoms with Crippen LogP contribution in [0.3, 0.4) is 0 Å². The number of nitrogens with one attached hydrogen (secondary N) is 1. The maximum atomic E-state index is 12.3. The van der Waals surface area contributed by atoms with Gasteiger partial charge in [0.1, 0.15) is 5.69 Å². The van der Waals surface area contributed by atoms with Gasteiger partial charge in [-0.25, -0.2) is 4.98 Å². The molecule has 1 aromatic rings. The number of fused-ring (bicyclic) bond motifs is 2. The van der Waals surface area contributed by atoms with Crippen molar-refractivity contribution in [3.8, 4) is 5.88 Å². The van der Waals surface area contributed by atoms with Gasteiger partial charge in [-0.15, -0.1) is 0 Å². The van der Waals surface area contributed by atoms with Crippen LogP contribution in [-0.2, 0) is 9.59 Å². The Hall–Kier alpha value is -2.11. The average Bonchev–Trinajstić information content (AvgIpc) is 2.56. The van der Waals surface area contributed by atoms with E-state index in [1.54, 1.807) is 12.3 Å². The van der Waals surface area contributed by atoms with E-state index in [1.165, 1.54) is 0 Å². The first-order chi connectivity index (χ1) is 11.2. The van der Waals surface area contributed by atoms with Crippen molar-refractivity contribution in [1.82, 2.24) is 9.88 Å². The summed E-state index contributed by atoms with van der Waals surface area (Å²) in [4.78, 5) is 30.4. The molecule has 1 saturated heterocycles. The second-order valence-corrected chi connectivity index (χ2v) is 6.25. The lowest BCUT2D eigenvalue weighted by Crippen LogP contribution is -2.45. The Morgan fingerprint density at radius 2 is 2.30 bits per heavy atom. The Balaban J connectivity index is 1.74. The van der Waals surface area contributed by atoms with Gasteiger partial charge in [-0.05, 0) is 36.8 Å². The van der Waals surface area contributed by atoms with Gasteiger partial charge in [0.05, 0.1) is 6.61 Å². The highest BCUT2D eigenvalue weighted by Crippen LogP contribution is 2.32. The monoisotopic (exact) mass is 317 g/mol. The molecule has 0 bridgehead atoms. The van der Waals surface area contributed by atoms with Crippen LogP contribution in [0.2, 0.25) is 0 Å². The maximum Gasteiger partial charge on any atom is 0.237 e. The number of pyridine rings is 1. The minimum atomic E-state index is -0.00461. The Bertz CT molecular complexity index is 590. The number of carbonyl (C=O) groups is 2. The number of amides is 2. The van der Waals surface area contributed by atoms with E-state index in [-0.39, 0.29) is 11.8 Å². The highest BCUT2D eigenvalue weighted by atomic mass is 16.5. The molecule has 23 heavy (non-hydrogen) atoms. The smallest absolute Gasteiger partial charge is 0.237 e. The maximum absolute atomic E-state index is 12.3. The highest BCUT2D eigenvalue weighted by molar-refractivity contribution is 5.92. The fourth-order valence-corrected chi connectivity index (χ4v) is 3.47. The lowest BCUT2D eigenvalue weighted by molar-refractivity contribution is -0.133. The van der Waals surface area contributed by atoms with Crippen molar-refractivity contribution >= 4 is 17.5 Å². The van der Waals surface area contributed by atoms with Crippen molar-refractivity contribution in [3.05, 3.63) is 18.3 Å². The van der Waals surface area contributed by atoms with Gasteiger partial charge < -0.3 is 15.0 Å². The minimum Gasteiger partial charge on any atom is -0.476 e. The summed E-state index contributed by atoms with van der Waals surface area (Å²) < 4.78 is 5.75. The van der Waals surface area contributed by atoms with Crippen LogP contribution < -0.4 is 10.1 Å². The zero-order chi connectivity index (χ0) is 16.2. The predicted molar refractivity (Wildman–Crippen MR) is 86.1 cm³/mol. The molecule has 6 nitrogen and oxygen atoms in total. The quantitative estimate of drug-likeness (QED) is 0.860. The van der Waals surface area contributed by atoms with Crippen LogP contribution >= 0.6 is 0 Å². The molecular weight excluding hydrogens is 294 g/mol. The number of hydrogen-bond acceptors (Lipinski definition) is 4. The first-order valence-corrected chi connectivity index (χ1v) is 8.32. The molecule has 0 aliphatic carbocycles. The first kappa shape index (κ1) is 15.8. The van der Waals surface area contributed by atoms with Crippen molar-refractivity contribution in [2.45, 2.75) is 32.6 Å². The van der Waals surface area contributed by atoms with Crippen LogP contribution in [0.25, 0.3) is 0 Å². The zero-order valence-electron chi connectivity index (χ0n) is 13.5. The molecule has 2 atom stereocenters. The Kier molecular flexibility index (Phi) is 4.79. The second-order valence-electron chi connectivity index (χ2n) is 6.25. The van der Waals surface area contributed by atoms with Crippen molar-refractivity contribution in [2.75, 3.05) is 25.0 Å². The van der Waals surface area contributed by atoms with E-state index in [2.05, 4.69) is 10.3 Å². The van der Waals surface area contributed by atoms with E-state index in [0.29, 0.717) is 42.9 Å². The lowest BCUT2D eigenvalue weighted by atomic mass is 9.81. The molecule has 0 unspecified atom stereocenters. The van der Waals surface area contributed by atoms with Crippen LogP contribution in [0.1, 0.15) is 32.6 Å². The van der Waals surface area contributed by atoms with Crippen molar-refractivity contribution in [3.63, 3.8) is 0 Å². The molecule has 1 fully saturated rings. The highest BCUT2D eigenvalue weighted by Gasteiger charge is 2.33. The van der Waals surface area contributed by atoms with Crippen molar-refractivity contribution in [1.29, 1.82) is 0 Å². The Labute approximate surface area is 136 Å².